The molecule has 88 valence electrons. The van der Waals surface area contributed by atoms with E-state index in [1.165, 1.54) is 12.1 Å². The molecule has 5 nitrogen and oxygen atoms in total. The quantitative estimate of drug-likeness (QED) is 0.504. The molecular weight excluding hydrogens is 255 g/mol. The van der Waals surface area contributed by atoms with Gasteiger partial charge >= 0.3 is 0 Å². The zero-order valence-electron chi connectivity index (χ0n) is 8.50. The average molecular weight is 265 g/mol. The van der Waals surface area contributed by atoms with Crippen LogP contribution in [0.5, 0.6) is 5.75 Å². The van der Waals surface area contributed by atoms with E-state index in [1.807, 2.05) is 0 Å². The largest absolute Gasteiger partial charge is 0.489 e. The Balaban J connectivity index is 2.89. The summed E-state index contributed by atoms with van der Waals surface area (Å²) in [7, 11) is 1.78. The third-order valence-corrected chi connectivity index (χ3v) is 2.35. The molecule has 0 saturated carbocycles. The van der Waals surface area contributed by atoms with Gasteiger partial charge in [-0.25, -0.2) is 0 Å². The summed E-state index contributed by atoms with van der Waals surface area (Å²) in [5.41, 5.74) is -0.157. The van der Waals surface area contributed by atoms with E-state index >= 15 is 0 Å². The first kappa shape index (κ1) is 13.0. The van der Waals surface area contributed by atoms with Crippen molar-refractivity contribution in [1.82, 2.24) is 5.32 Å². The normalized spacial score (nSPS) is 10.2. The maximum atomic E-state index is 10.5. The smallest absolute Gasteiger partial charge is 0.272 e. The summed E-state index contributed by atoms with van der Waals surface area (Å²) >= 11 is 11.6. The first-order chi connectivity index (χ1) is 7.56. The van der Waals surface area contributed by atoms with Gasteiger partial charge in [-0.1, -0.05) is 23.2 Å². The zero-order valence-corrected chi connectivity index (χ0v) is 10.0. The fourth-order valence-electron chi connectivity index (χ4n) is 1.04. The van der Waals surface area contributed by atoms with Crippen LogP contribution in [-0.4, -0.2) is 25.1 Å². The van der Waals surface area contributed by atoms with Crippen molar-refractivity contribution in [2.45, 2.75) is 0 Å². The second-order valence-electron chi connectivity index (χ2n) is 2.95. The maximum absolute atomic E-state index is 10.5. The Hall–Kier alpha value is -1.04. The Labute approximate surface area is 102 Å². The van der Waals surface area contributed by atoms with Crippen LogP contribution < -0.4 is 10.1 Å². The molecule has 0 saturated heterocycles. The number of hydrogen-bond donors (Lipinski definition) is 1. The Kier molecular flexibility index (Phi) is 4.79. The van der Waals surface area contributed by atoms with Crippen LogP contribution in [-0.2, 0) is 0 Å². The molecule has 0 bridgehead atoms. The number of nitro groups is 1. The van der Waals surface area contributed by atoms with Gasteiger partial charge in [0.25, 0.3) is 5.69 Å². The molecule has 0 aromatic heterocycles. The summed E-state index contributed by atoms with van der Waals surface area (Å²) in [5, 5.41) is 13.7. The molecule has 7 heteroatoms. The highest BCUT2D eigenvalue weighted by atomic mass is 35.5. The van der Waals surface area contributed by atoms with Gasteiger partial charge in [0.05, 0.1) is 15.0 Å². The van der Waals surface area contributed by atoms with E-state index in [-0.39, 0.29) is 21.5 Å². The summed E-state index contributed by atoms with van der Waals surface area (Å²) in [6.45, 7) is 1.01. The highest BCUT2D eigenvalue weighted by Gasteiger charge is 2.15. The second-order valence-corrected chi connectivity index (χ2v) is 3.76. The molecule has 16 heavy (non-hydrogen) atoms. The molecule has 0 aliphatic rings. The van der Waals surface area contributed by atoms with Gasteiger partial charge in [-0.15, -0.1) is 0 Å². The summed E-state index contributed by atoms with van der Waals surface area (Å²) < 4.78 is 5.29. The summed E-state index contributed by atoms with van der Waals surface area (Å²) in [6, 6.07) is 2.42. The summed E-state index contributed by atoms with van der Waals surface area (Å²) in [4.78, 5) is 9.95. The molecule has 0 unspecified atom stereocenters. The van der Waals surface area contributed by atoms with Crippen molar-refractivity contribution in [3.05, 3.63) is 32.3 Å². The lowest BCUT2D eigenvalue weighted by atomic mass is 10.3. The average Bonchev–Trinajstić information content (AvgIpc) is 2.21. The minimum absolute atomic E-state index is 0.135. The van der Waals surface area contributed by atoms with Crippen LogP contribution in [0.2, 0.25) is 10.0 Å². The van der Waals surface area contributed by atoms with Crippen molar-refractivity contribution in [2.75, 3.05) is 20.2 Å². The van der Waals surface area contributed by atoms with Crippen LogP contribution in [0.3, 0.4) is 0 Å². The lowest BCUT2D eigenvalue weighted by Crippen LogP contribution is -2.16. The van der Waals surface area contributed by atoms with Crippen LogP contribution in [0, 0.1) is 10.1 Å². The van der Waals surface area contributed by atoms with E-state index in [0.717, 1.165) is 0 Å². The molecule has 0 amide bonds. The molecule has 1 aromatic carbocycles. The number of ether oxygens (including phenoxy) is 1. The van der Waals surface area contributed by atoms with E-state index in [2.05, 4.69) is 5.32 Å². The molecule has 0 aliphatic heterocycles. The van der Waals surface area contributed by atoms with Crippen molar-refractivity contribution >= 4 is 28.9 Å². The predicted octanol–water partition coefficient (Wildman–Crippen LogP) is 2.50. The molecular formula is C9H10Cl2N2O3. The van der Waals surface area contributed by atoms with E-state index < -0.39 is 4.92 Å². The monoisotopic (exact) mass is 264 g/mol. The Morgan fingerprint density at radius 2 is 2.00 bits per heavy atom. The fraction of sp³-hybridized carbons (Fsp3) is 0.333. The van der Waals surface area contributed by atoms with Crippen molar-refractivity contribution < 1.29 is 9.66 Å². The van der Waals surface area contributed by atoms with Crippen LogP contribution in [0.1, 0.15) is 0 Å². The standard InChI is InChI=1S/C9H10Cl2N2O3/c1-12-2-3-16-9-7(10)4-6(13(14)15)5-8(9)11/h4-5,12H,2-3H2,1H3. The van der Waals surface area contributed by atoms with Crippen LogP contribution in [0.15, 0.2) is 12.1 Å². The molecule has 0 aliphatic carbocycles. The maximum Gasteiger partial charge on any atom is 0.272 e. The summed E-state index contributed by atoms with van der Waals surface area (Å²) in [5.74, 6) is 0.268. The first-order valence-electron chi connectivity index (χ1n) is 4.47. The van der Waals surface area contributed by atoms with Gasteiger partial charge in [-0.3, -0.25) is 10.1 Å². The van der Waals surface area contributed by atoms with Gasteiger partial charge in [0.15, 0.2) is 5.75 Å². The first-order valence-corrected chi connectivity index (χ1v) is 5.22. The van der Waals surface area contributed by atoms with Gasteiger partial charge in [0.2, 0.25) is 0 Å². The number of hydrogen-bond acceptors (Lipinski definition) is 4. The third kappa shape index (κ3) is 3.23. The van der Waals surface area contributed by atoms with Gasteiger partial charge in [0, 0.05) is 18.7 Å². The lowest BCUT2D eigenvalue weighted by molar-refractivity contribution is -0.384. The van der Waals surface area contributed by atoms with Crippen molar-refractivity contribution in [1.29, 1.82) is 0 Å². The van der Waals surface area contributed by atoms with E-state index in [4.69, 9.17) is 27.9 Å². The number of nitrogens with zero attached hydrogens (tertiary/aromatic N) is 1. The predicted molar refractivity (Wildman–Crippen MR) is 62.5 cm³/mol. The zero-order chi connectivity index (χ0) is 12.1. The minimum atomic E-state index is -0.560. The highest BCUT2D eigenvalue weighted by molar-refractivity contribution is 6.37. The van der Waals surface area contributed by atoms with Gasteiger partial charge < -0.3 is 10.1 Å². The second kappa shape index (κ2) is 5.89. The highest BCUT2D eigenvalue weighted by Crippen LogP contribution is 2.36. The third-order valence-electron chi connectivity index (χ3n) is 1.79. The Morgan fingerprint density at radius 3 is 2.44 bits per heavy atom. The molecule has 1 aromatic rings. The van der Waals surface area contributed by atoms with Crippen molar-refractivity contribution in [2.24, 2.45) is 0 Å². The number of benzene rings is 1. The van der Waals surface area contributed by atoms with Gasteiger partial charge in [-0.2, -0.15) is 0 Å². The molecule has 0 fully saturated rings. The molecule has 0 spiro atoms. The van der Waals surface area contributed by atoms with Crippen molar-refractivity contribution in [3.63, 3.8) is 0 Å². The van der Waals surface area contributed by atoms with Crippen LogP contribution >= 0.6 is 23.2 Å². The molecule has 0 heterocycles. The Bertz CT molecular complexity index is 375. The van der Waals surface area contributed by atoms with Crippen molar-refractivity contribution in [3.8, 4) is 5.75 Å². The number of rotatable bonds is 5. The van der Waals surface area contributed by atoms with E-state index in [1.54, 1.807) is 7.05 Å². The van der Waals surface area contributed by atoms with Gasteiger partial charge in [-0.05, 0) is 7.05 Å². The fourth-order valence-corrected chi connectivity index (χ4v) is 1.63. The molecule has 1 N–H and O–H groups in total. The number of non-ortho nitro benzene ring substituents is 1. The summed E-state index contributed by atoms with van der Waals surface area (Å²) in [6.07, 6.45) is 0. The molecule has 0 atom stereocenters. The SMILES string of the molecule is CNCCOc1c(Cl)cc([N+](=O)[O-])cc1Cl. The van der Waals surface area contributed by atoms with Crippen LogP contribution in [0.4, 0.5) is 5.69 Å². The number of nitro benzene ring substituents is 1. The lowest BCUT2D eigenvalue weighted by Gasteiger charge is -2.09. The molecule has 0 radical (unpaired) electrons. The van der Waals surface area contributed by atoms with Gasteiger partial charge in [0.1, 0.15) is 6.61 Å². The van der Waals surface area contributed by atoms with Crippen LogP contribution in [0.25, 0.3) is 0 Å². The van der Waals surface area contributed by atoms with E-state index in [0.29, 0.717) is 13.2 Å². The minimum Gasteiger partial charge on any atom is -0.489 e. The molecule has 1 rings (SSSR count). The number of halogens is 2. The van der Waals surface area contributed by atoms with E-state index in [9.17, 15) is 10.1 Å². The topological polar surface area (TPSA) is 64.4 Å². The number of likely N-dealkylation sites (N-methyl/N-ethyl adjacent to an activating group) is 1. The Morgan fingerprint density at radius 1 is 1.44 bits per heavy atom. The number of nitrogens with one attached hydrogen (secondary N) is 1.